The summed E-state index contributed by atoms with van der Waals surface area (Å²) >= 11 is 5.31. The van der Waals surface area contributed by atoms with Crippen molar-refractivity contribution in [2.24, 2.45) is 5.73 Å². The first kappa shape index (κ1) is 16.8. The fourth-order valence-corrected chi connectivity index (χ4v) is 4.46. The quantitative estimate of drug-likeness (QED) is 0.802. The van der Waals surface area contributed by atoms with Crippen LogP contribution in [0.4, 0.5) is 0 Å². The molecule has 1 aromatic rings. The second-order valence-corrected chi connectivity index (χ2v) is 7.95. The van der Waals surface area contributed by atoms with E-state index in [1.54, 1.807) is 0 Å². The van der Waals surface area contributed by atoms with Crippen LogP contribution in [0.2, 0.25) is 0 Å². The van der Waals surface area contributed by atoms with Gasteiger partial charge in [0.1, 0.15) is 0 Å². The van der Waals surface area contributed by atoms with Gasteiger partial charge in [0.2, 0.25) is 5.91 Å². The van der Waals surface area contributed by atoms with Crippen molar-refractivity contribution >= 4 is 33.6 Å². The molecule has 1 aliphatic rings. The van der Waals surface area contributed by atoms with Gasteiger partial charge in [-0.05, 0) is 62.9 Å². The Labute approximate surface area is 139 Å². The van der Waals surface area contributed by atoms with Gasteiger partial charge in [-0.1, -0.05) is 22.9 Å². The Morgan fingerprint density at radius 1 is 1.48 bits per heavy atom. The molecule has 1 aromatic carbocycles. The molecule has 1 saturated carbocycles. The van der Waals surface area contributed by atoms with E-state index in [0.29, 0.717) is 5.25 Å². The SMILES string of the molecule is CCCNC1(C(N)=O)CCCC(Sc2ccc(Br)cc2)C1. The van der Waals surface area contributed by atoms with E-state index < -0.39 is 5.54 Å². The molecule has 21 heavy (non-hydrogen) atoms. The third-order valence-electron chi connectivity index (χ3n) is 4.01. The summed E-state index contributed by atoms with van der Waals surface area (Å²) < 4.78 is 1.09. The molecule has 1 aliphatic carbocycles. The van der Waals surface area contributed by atoms with Crippen LogP contribution in [0.15, 0.2) is 33.6 Å². The Bertz CT molecular complexity index is 480. The highest BCUT2D eigenvalue weighted by atomic mass is 79.9. The van der Waals surface area contributed by atoms with E-state index in [2.05, 4.69) is 52.4 Å². The van der Waals surface area contributed by atoms with Crippen LogP contribution in [0.25, 0.3) is 0 Å². The smallest absolute Gasteiger partial charge is 0.237 e. The van der Waals surface area contributed by atoms with Gasteiger partial charge in [-0.25, -0.2) is 0 Å². The average Bonchev–Trinajstić information content (AvgIpc) is 2.48. The lowest BCUT2D eigenvalue weighted by molar-refractivity contribution is -0.125. The molecule has 1 amide bonds. The molecular weight excluding hydrogens is 348 g/mol. The standard InChI is InChI=1S/C16H23BrN2OS/c1-2-10-19-16(15(18)20)9-3-4-14(11-16)21-13-7-5-12(17)6-8-13/h5-8,14,19H,2-4,9-11H2,1H3,(H2,18,20). The molecule has 116 valence electrons. The number of thioether (sulfide) groups is 1. The molecule has 2 unspecified atom stereocenters. The van der Waals surface area contributed by atoms with Crippen LogP contribution in [0.5, 0.6) is 0 Å². The summed E-state index contributed by atoms with van der Waals surface area (Å²) in [4.78, 5) is 13.2. The average molecular weight is 371 g/mol. The maximum absolute atomic E-state index is 12.0. The van der Waals surface area contributed by atoms with Crippen LogP contribution in [0.3, 0.4) is 0 Å². The fraction of sp³-hybridized carbons (Fsp3) is 0.562. The van der Waals surface area contributed by atoms with Crippen LogP contribution in [0, 0.1) is 0 Å². The lowest BCUT2D eigenvalue weighted by Crippen LogP contribution is -2.58. The van der Waals surface area contributed by atoms with Gasteiger partial charge < -0.3 is 11.1 Å². The Morgan fingerprint density at radius 2 is 2.19 bits per heavy atom. The summed E-state index contributed by atoms with van der Waals surface area (Å²) in [6.07, 6.45) is 4.89. The molecule has 0 aliphatic heterocycles. The van der Waals surface area contributed by atoms with E-state index in [0.717, 1.165) is 43.1 Å². The van der Waals surface area contributed by atoms with Crippen molar-refractivity contribution < 1.29 is 4.79 Å². The number of primary amides is 1. The second-order valence-electron chi connectivity index (χ2n) is 5.66. The normalized spacial score (nSPS) is 25.7. The summed E-state index contributed by atoms with van der Waals surface area (Å²) in [7, 11) is 0. The first-order valence-corrected chi connectivity index (χ1v) is 9.20. The number of amides is 1. The summed E-state index contributed by atoms with van der Waals surface area (Å²) in [5.41, 5.74) is 5.19. The molecule has 2 rings (SSSR count). The zero-order chi connectivity index (χ0) is 15.3. The van der Waals surface area contributed by atoms with Crippen LogP contribution in [0.1, 0.15) is 39.0 Å². The Morgan fingerprint density at radius 3 is 2.81 bits per heavy atom. The largest absolute Gasteiger partial charge is 0.368 e. The van der Waals surface area contributed by atoms with Crippen LogP contribution >= 0.6 is 27.7 Å². The molecule has 2 atom stereocenters. The first-order valence-electron chi connectivity index (χ1n) is 7.53. The number of hydrogen-bond donors (Lipinski definition) is 2. The molecule has 0 bridgehead atoms. The van der Waals surface area contributed by atoms with Gasteiger partial charge in [-0.2, -0.15) is 0 Å². The van der Waals surface area contributed by atoms with Gasteiger partial charge in [0.25, 0.3) is 0 Å². The molecule has 0 aromatic heterocycles. The molecular formula is C16H23BrN2OS. The molecule has 5 heteroatoms. The zero-order valence-electron chi connectivity index (χ0n) is 12.4. The van der Waals surface area contributed by atoms with Gasteiger partial charge in [0, 0.05) is 14.6 Å². The van der Waals surface area contributed by atoms with Gasteiger partial charge in [0.15, 0.2) is 0 Å². The number of rotatable bonds is 6. The summed E-state index contributed by atoms with van der Waals surface area (Å²) in [5, 5.41) is 3.86. The molecule has 0 radical (unpaired) electrons. The highest BCUT2D eigenvalue weighted by molar-refractivity contribution is 9.10. The monoisotopic (exact) mass is 370 g/mol. The zero-order valence-corrected chi connectivity index (χ0v) is 14.8. The van der Waals surface area contributed by atoms with Crippen molar-refractivity contribution in [3.8, 4) is 0 Å². The lowest BCUT2D eigenvalue weighted by atomic mass is 9.80. The predicted molar refractivity (Wildman–Crippen MR) is 92.5 cm³/mol. The predicted octanol–water partition coefficient (Wildman–Crippen LogP) is 3.71. The molecule has 3 nitrogen and oxygen atoms in total. The molecule has 1 fully saturated rings. The summed E-state index contributed by atoms with van der Waals surface area (Å²) in [6.45, 7) is 2.96. The number of halogens is 1. The highest BCUT2D eigenvalue weighted by Gasteiger charge is 2.41. The Hall–Kier alpha value is -0.520. The fourth-order valence-electron chi connectivity index (χ4n) is 2.87. The molecule has 0 heterocycles. The highest BCUT2D eigenvalue weighted by Crippen LogP contribution is 2.38. The number of nitrogens with one attached hydrogen (secondary N) is 1. The molecule has 3 N–H and O–H groups in total. The third kappa shape index (κ3) is 4.47. The minimum atomic E-state index is -0.513. The van der Waals surface area contributed by atoms with E-state index in [4.69, 9.17) is 5.73 Å². The van der Waals surface area contributed by atoms with Crippen molar-refractivity contribution in [2.75, 3.05) is 6.54 Å². The number of carbonyl (C=O) groups excluding carboxylic acids is 1. The topological polar surface area (TPSA) is 55.1 Å². The van der Waals surface area contributed by atoms with Crippen LogP contribution in [-0.4, -0.2) is 23.2 Å². The number of nitrogens with two attached hydrogens (primary N) is 1. The number of hydrogen-bond acceptors (Lipinski definition) is 3. The minimum Gasteiger partial charge on any atom is -0.368 e. The Balaban J connectivity index is 2.04. The van der Waals surface area contributed by atoms with Gasteiger partial charge >= 0.3 is 0 Å². The van der Waals surface area contributed by atoms with E-state index in [1.807, 2.05) is 11.8 Å². The number of benzene rings is 1. The maximum Gasteiger partial charge on any atom is 0.237 e. The maximum atomic E-state index is 12.0. The van der Waals surface area contributed by atoms with E-state index in [1.165, 1.54) is 4.90 Å². The van der Waals surface area contributed by atoms with Crippen molar-refractivity contribution in [3.63, 3.8) is 0 Å². The third-order valence-corrected chi connectivity index (χ3v) is 5.82. The van der Waals surface area contributed by atoms with Crippen molar-refractivity contribution in [3.05, 3.63) is 28.7 Å². The lowest BCUT2D eigenvalue weighted by Gasteiger charge is -2.39. The van der Waals surface area contributed by atoms with Crippen LogP contribution < -0.4 is 11.1 Å². The minimum absolute atomic E-state index is 0.197. The van der Waals surface area contributed by atoms with Crippen molar-refractivity contribution in [1.29, 1.82) is 0 Å². The van der Waals surface area contributed by atoms with Crippen LogP contribution in [-0.2, 0) is 4.79 Å². The number of carbonyl (C=O) groups is 1. The van der Waals surface area contributed by atoms with E-state index in [9.17, 15) is 4.79 Å². The second kappa shape index (κ2) is 7.65. The van der Waals surface area contributed by atoms with Gasteiger partial charge in [-0.15, -0.1) is 11.8 Å². The van der Waals surface area contributed by atoms with E-state index >= 15 is 0 Å². The van der Waals surface area contributed by atoms with Crippen molar-refractivity contribution in [2.45, 2.75) is 54.7 Å². The van der Waals surface area contributed by atoms with E-state index in [-0.39, 0.29) is 5.91 Å². The molecule has 0 saturated heterocycles. The first-order chi connectivity index (χ1) is 10.1. The van der Waals surface area contributed by atoms with Crippen molar-refractivity contribution in [1.82, 2.24) is 5.32 Å². The molecule has 0 spiro atoms. The Kier molecular flexibility index (Phi) is 6.14. The summed E-state index contributed by atoms with van der Waals surface area (Å²) in [6, 6.07) is 8.35. The van der Waals surface area contributed by atoms with Gasteiger partial charge in [0.05, 0.1) is 5.54 Å². The van der Waals surface area contributed by atoms with Gasteiger partial charge in [-0.3, -0.25) is 4.79 Å². The summed E-state index contributed by atoms with van der Waals surface area (Å²) in [5.74, 6) is -0.197.